The van der Waals surface area contributed by atoms with Crippen molar-refractivity contribution in [3.05, 3.63) is 60.8 Å². The molecule has 3 N–H and O–H groups in total. The molecule has 6 atom stereocenters. The van der Waals surface area contributed by atoms with Crippen molar-refractivity contribution in [3.8, 4) is 5.88 Å². The third-order valence-corrected chi connectivity index (χ3v) is 14.8. The van der Waals surface area contributed by atoms with E-state index in [0.29, 0.717) is 51.4 Å². The number of sulfonamides is 1. The molecule has 3 aromatic rings. The maximum absolute atomic E-state index is 15.0. The number of carbonyl (C=O) groups excluding carboxylic acids is 4. The minimum absolute atomic E-state index is 0.0192. The molecule has 9 rings (SSSR count). The molecule has 0 unspecified atom stereocenters. The number of nitrogens with zero attached hydrogens (tertiary/aromatic N) is 4. The van der Waals surface area contributed by atoms with Gasteiger partial charge in [0, 0.05) is 48.9 Å². The van der Waals surface area contributed by atoms with Crippen molar-refractivity contribution in [1.29, 1.82) is 0 Å². The Balaban J connectivity index is 1.09. The predicted molar refractivity (Wildman–Crippen MR) is 215 cm³/mol. The Labute approximate surface area is 337 Å². The Morgan fingerprint density at radius 1 is 1.05 bits per heavy atom. The van der Waals surface area contributed by atoms with Crippen LogP contribution in [0.1, 0.15) is 63.4 Å². The highest BCUT2D eigenvalue weighted by molar-refractivity contribution is 7.91. The summed E-state index contributed by atoms with van der Waals surface area (Å²) in [5.74, 6) is -2.10. The smallest absolute Gasteiger partial charge is 0.318 e. The second-order valence-electron chi connectivity index (χ2n) is 16.9. The fourth-order valence-corrected chi connectivity index (χ4v) is 10.9. The molecule has 3 saturated carbocycles. The van der Waals surface area contributed by atoms with Crippen LogP contribution in [0.4, 0.5) is 4.79 Å². The van der Waals surface area contributed by atoms with Crippen LogP contribution in [0, 0.1) is 18.8 Å². The summed E-state index contributed by atoms with van der Waals surface area (Å²) in [4.78, 5) is 65.3. The number of aromatic nitrogens is 2. The van der Waals surface area contributed by atoms with Gasteiger partial charge in [-0.1, -0.05) is 49.3 Å². The van der Waals surface area contributed by atoms with Crippen LogP contribution < -0.4 is 20.1 Å². The lowest BCUT2D eigenvalue weighted by molar-refractivity contribution is -0.142. The number of urea groups is 1. The van der Waals surface area contributed by atoms with Gasteiger partial charge in [-0.05, 0) is 63.0 Å². The number of para-hydroxylation sites is 1. The standard InChI is InChI=1S/C42H51N7O8S/c1-3-27-21-42(27,40(52)46-58(54,55)30-14-15-30)45-37(50)33-20-29-24-49(33)39(51)35(26-10-4-5-11-26)44-41(53)48-18-16-28(23-48)56-19-9-8-17-47-22-25(2)34-31-12-6-7-13-32(31)43-38(57-29)36(34)47/h3,6-9,12-13,22,26-30,33,35H,1,4-5,10-11,14-21,23-24H2,2H3,(H,44,53)(H,45,50)(H,46,52)/b9-8+/t27-,28+,29-,33+,35+,42-/m1/s1. The van der Waals surface area contributed by atoms with Gasteiger partial charge in [0.1, 0.15) is 29.2 Å². The number of benzene rings is 1. The Hall–Kier alpha value is -4.96. The zero-order valence-electron chi connectivity index (χ0n) is 32.7. The molecule has 3 aliphatic carbocycles. The van der Waals surface area contributed by atoms with Crippen LogP contribution in [-0.2, 0) is 35.7 Å². The Morgan fingerprint density at radius 3 is 2.60 bits per heavy atom. The Kier molecular flexibility index (Phi) is 9.98. The van der Waals surface area contributed by atoms with Gasteiger partial charge in [-0.2, -0.15) is 0 Å². The number of pyridine rings is 1. The second kappa shape index (κ2) is 15.0. The molecule has 3 aliphatic heterocycles. The highest BCUT2D eigenvalue weighted by Gasteiger charge is 2.62. The molecule has 1 aromatic carbocycles. The van der Waals surface area contributed by atoms with Crippen LogP contribution >= 0.6 is 0 Å². The molecule has 5 heterocycles. The fraction of sp³-hybridized carbons (Fsp3) is 0.548. The Morgan fingerprint density at radius 2 is 1.84 bits per heavy atom. The van der Waals surface area contributed by atoms with E-state index in [0.717, 1.165) is 53.1 Å². The van der Waals surface area contributed by atoms with Gasteiger partial charge in [0.15, 0.2) is 0 Å². The third kappa shape index (κ3) is 7.11. The summed E-state index contributed by atoms with van der Waals surface area (Å²) in [7, 11) is -3.90. The molecular weight excluding hydrogens is 763 g/mol. The number of nitrogens with one attached hydrogen (secondary N) is 3. The van der Waals surface area contributed by atoms with Crippen molar-refractivity contribution in [2.75, 3.05) is 26.2 Å². The van der Waals surface area contributed by atoms with Gasteiger partial charge in [-0.15, -0.1) is 6.58 Å². The molecule has 5 fully saturated rings. The van der Waals surface area contributed by atoms with Crippen LogP contribution in [0.15, 0.2) is 55.3 Å². The van der Waals surface area contributed by atoms with Crippen LogP contribution in [0.5, 0.6) is 5.88 Å². The lowest BCUT2D eigenvalue weighted by Gasteiger charge is -2.33. The van der Waals surface area contributed by atoms with E-state index in [1.165, 1.54) is 11.0 Å². The predicted octanol–water partition coefficient (Wildman–Crippen LogP) is 3.44. The summed E-state index contributed by atoms with van der Waals surface area (Å²) >= 11 is 0. The van der Waals surface area contributed by atoms with Crippen molar-refractivity contribution >= 4 is 55.6 Å². The van der Waals surface area contributed by atoms with Crippen molar-refractivity contribution in [3.63, 3.8) is 0 Å². The normalized spacial score (nSPS) is 30.0. The third-order valence-electron chi connectivity index (χ3n) is 13.0. The molecule has 5 amide bonds. The number of aryl methyl sites for hydroxylation is 1. The summed E-state index contributed by atoms with van der Waals surface area (Å²) in [6.07, 6.45) is 11.9. The molecular formula is C42H51N7O8S. The van der Waals surface area contributed by atoms with Gasteiger partial charge in [-0.25, -0.2) is 18.2 Å². The van der Waals surface area contributed by atoms with Crippen molar-refractivity contribution in [1.82, 2.24) is 34.7 Å². The number of amides is 5. The molecule has 6 aliphatic rings. The monoisotopic (exact) mass is 813 g/mol. The molecule has 16 heteroatoms. The molecule has 308 valence electrons. The lowest BCUT2D eigenvalue weighted by atomic mass is 9.96. The molecule has 0 radical (unpaired) electrons. The number of hydrogen-bond acceptors (Lipinski definition) is 9. The maximum Gasteiger partial charge on any atom is 0.318 e. The van der Waals surface area contributed by atoms with Crippen molar-refractivity contribution in [2.45, 2.75) is 106 Å². The first-order valence-corrected chi connectivity index (χ1v) is 22.2. The molecule has 4 bridgehead atoms. The van der Waals surface area contributed by atoms with Crippen molar-refractivity contribution < 1.29 is 37.1 Å². The maximum atomic E-state index is 15.0. The average molecular weight is 814 g/mol. The van der Waals surface area contributed by atoms with E-state index >= 15 is 0 Å². The quantitative estimate of drug-likeness (QED) is 0.301. The minimum Gasteiger partial charge on any atom is -0.471 e. The summed E-state index contributed by atoms with van der Waals surface area (Å²) in [5.41, 5.74) is 1.03. The number of fused-ring (bicyclic) bond motifs is 6. The molecule has 0 spiro atoms. The number of carbonyl (C=O) groups is 4. The van der Waals surface area contributed by atoms with E-state index in [2.05, 4.69) is 39.6 Å². The van der Waals surface area contributed by atoms with Gasteiger partial charge in [0.2, 0.25) is 27.7 Å². The van der Waals surface area contributed by atoms with Gasteiger partial charge in [-0.3, -0.25) is 19.1 Å². The summed E-state index contributed by atoms with van der Waals surface area (Å²) < 4.78 is 42.9. The second-order valence-corrected chi connectivity index (χ2v) is 18.9. The van der Waals surface area contributed by atoms with E-state index in [1.807, 2.05) is 36.4 Å². The van der Waals surface area contributed by atoms with Crippen LogP contribution in [0.2, 0.25) is 0 Å². The average Bonchev–Trinajstić information content (AvgIpc) is 3.88. The highest BCUT2D eigenvalue weighted by Crippen LogP contribution is 2.46. The Bertz CT molecular complexity index is 2320. The van der Waals surface area contributed by atoms with Crippen LogP contribution in [0.3, 0.4) is 0 Å². The first kappa shape index (κ1) is 38.6. The van der Waals surface area contributed by atoms with E-state index in [-0.39, 0.29) is 37.4 Å². The van der Waals surface area contributed by atoms with Gasteiger partial charge >= 0.3 is 6.03 Å². The highest BCUT2D eigenvalue weighted by atomic mass is 32.2. The molecule has 58 heavy (non-hydrogen) atoms. The fourth-order valence-electron chi connectivity index (χ4n) is 9.56. The van der Waals surface area contributed by atoms with Crippen LogP contribution in [0.25, 0.3) is 21.8 Å². The minimum atomic E-state index is -3.90. The summed E-state index contributed by atoms with van der Waals surface area (Å²) in [5, 5.41) is 7.29. The number of rotatable bonds is 7. The number of allylic oxidation sites excluding steroid dienone is 1. The zero-order valence-corrected chi connectivity index (χ0v) is 33.5. The molecule has 2 aromatic heterocycles. The van der Waals surface area contributed by atoms with Gasteiger partial charge in [0.05, 0.1) is 30.0 Å². The number of ether oxygens (including phenoxy) is 2. The first-order valence-electron chi connectivity index (χ1n) is 20.6. The van der Waals surface area contributed by atoms with E-state index in [4.69, 9.17) is 14.5 Å². The first-order chi connectivity index (χ1) is 28.0. The van der Waals surface area contributed by atoms with Gasteiger partial charge < -0.3 is 34.5 Å². The van der Waals surface area contributed by atoms with E-state index in [1.54, 1.807) is 4.90 Å². The zero-order chi connectivity index (χ0) is 40.3. The van der Waals surface area contributed by atoms with E-state index < -0.39 is 62.6 Å². The molecule has 15 nitrogen and oxygen atoms in total. The SMILES string of the molecule is C=C[C@@H]1C[C@]1(NC(=O)[C@@H]1C[C@@H]2CN1C(=O)[C@H](C1CCCC1)NC(=O)N1CC[C@@H](C1)OC/C=C/Cn1cc(C)c3c4ccccc4nc(c31)O2)C(=O)NS(=O)(=O)C1CC1. The largest absolute Gasteiger partial charge is 0.471 e. The van der Waals surface area contributed by atoms with Crippen LogP contribution in [-0.4, -0.2) is 113 Å². The lowest BCUT2D eigenvalue weighted by Crippen LogP contribution is -2.59. The summed E-state index contributed by atoms with van der Waals surface area (Å²) in [6, 6.07) is 5.50. The summed E-state index contributed by atoms with van der Waals surface area (Å²) in [6.45, 7) is 7.68. The number of hydrogen-bond donors (Lipinski definition) is 3. The van der Waals surface area contributed by atoms with E-state index in [9.17, 15) is 27.6 Å². The molecule has 2 saturated heterocycles. The van der Waals surface area contributed by atoms with Crippen molar-refractivity contribution in [2.24, 2.45) is 11.8 Å². The van der Waals surface area contributed by atoms with Gasteiger partial charge in [0.25, 0.3) is 5.91 Å². The topological polar surface area (TPSA) is 181 Å².